The van der Waals surface area contributed by atoms with Crippen molar-refractivity contribution < 1.29 is 4.79 Å². The van der Waals surface area contributed by atoms with Crippen molar-refractivity contribution in [3.63, 3.8) is 0 Å². The number of carbonyl (C=O) groups excluding carboxylic acids is 1. The van der Waals surface area contributed by atoms with Gasteiger partial charge in [-0.05, 0) is 62.4 Å². The summed E-state index contributed by atoms with van der Waals surface area (Å²) in [6.45, 7) is 8.28. The zero-order valence-electron chi connectivity index (χ0n) is 12.8. The maximum Gasteiger partial charge on any atom is 0.163 e. The normalized spacial score (nSPS) is 10.6. The molecule has 0 heterocycles. The van der Waals surface area contributed by atoms with Gasteiger partial charge in [-0.15, -0.1) is 0 Å². The average molecular weight is 266 g/mol. The van der Waals surface area contributed by atoms with Crippen LogP contribution in [0.2, 0.25) is 0 Å². The fourth-order valence-electron chi connectivity index (χ4n) is 2.50. The van der Waals surface area contributed by atoms with Crippen molar-refractivity contribution in [2.24, 2.45) is 0 Å². The van der Waals surface area contributed by atoms with Crippen LogP contribution in [0, 0.1) is 27.7 Å². The molecule has 2 rings (SSSR count). The van der Waals surface area contributed by atoms with E-state index in [0.717, 1.165) is 23.1 Å². The first-order valence-corrected chi connectivity index (χ1v) is 7.14. The average Bonchev–Trinajstić information content (AvgIpc) is 2.43. The first-order valence-electron chi connectivity index (χ1n) is 7.14. The van der Waals surface area contributed by atoms with E-state index in [4.69, 9.17) is 0 Å². The second-order valence-corrected chi connectivity index (χ2v) is 5.60. The lowest BCUT2D eigenvalue weighted by Gasteiger charge is -2.09. The Morgan fingerprint density at radius 3 is 2.45 bits per heavy atom. The molecule has 0 spiro atoms. The van der Waals surface area contributed by atoms with E-state index in [2.05, 4.69) is 38.1 Å². The molecule has 0 bridgehead atoms. The number of benzene rings is 2. The monoisotopic (exact) mass is 266 g/mol. The molecular weight excluding hydrogens is 244 g/mol. The third-order valence-corrected chi connectivity index (χ3v) is 4.03. The third kappa shape index (κ3) is 3.16. The fourth-order valence-corrected chi connectivity index (χ4v) is 2.50. The van der Waals surface area contributed by atoms with Crippen LogP contribution in [0.1, 0.15) is 44.6 Å². The van der Waals surface area contributed by atoms with Gasteiger partial charge in [0.15, 0.2) is 5.78 Å². The van der Waals surface area contributed by atoms with E-state index in [-0.39, 0.29) is 5.78 Å². The largest absolute Gasteiger partial charge is 0.294 e. The van der Waals surface area contributed by atoms with Crippen molar-refractivity contribution in [3.8, 4) is 0 Å². The van der Waals surface area contributed by atoms with Crippen molar-refractivity contribution in [3.05, 3.63) is 69.8 Å². The van der Waals surface area contributed by atoms with Gasteiger partial charge in [-0.25, -0.2) is 0 Å². The molecule has 0 N–H and O–H groups in total. The molecule has 0 aliphatic carbocycles. The molecule has 0 atom stereocenters. The van der Waals surface area contributed by atoms with Crippen LogP contribution < -0.4 is 0 Å². The molecule has 0 amide bonds. The van der Waals surface area contributed by atoms with Crippen LogP contribution in [0.25, 0.3) is 0 Å². The number of aryl methyl sites for hydroxylation is 4. The number of rotatable bonds is 4. The standard InChI is InChI=1S/C19H22O/c1-13-8-9-15(3)18(12-13)19(20)11-10-17-7-5-6-14(2)16(17)4/h5-9,12H,10-11H2,1-4H3. The van der Waals surface area contributed by atoms with Gasteiger partial charge in [0.1, 0.15) is 0 Å². The van der Waals surface area contributed by atoms with E-state index in [0.29, 0.717) is 6.42 Å². The number of hydrogen-bond donors (Lipinski definition) is 0. The molecule has 0 saturated carbocycles. The van der Waals surface area contributed by atoms with Gasteiger partial charge in [0, 0.05) is 12.0 Å². The summed E-state index contributed by atoms with van der Waals surface area (Å²) in [4.78, 5) is 12.4. The maximum absolute atomic E-state index is 12.4. The molecule has 0 radical (unpaired) electrons. The molecule has 1 nitrogen and oxygen atoms in total. The van der Waals surface area contributed by atoms with Gasteiger partial charge < -0.3 is 0 Å². The quantitative estimate of drug-likeness (QED) is 0.731. The fraction of sp³-hybridized carbons (Fsp3) is 0.316. The Balaban J connectivity index is 2.13. The van der Waals surface area contributed by atoms with Gasteiger partial charge in [-0.3, -0.25) is 4.79 Å². The van der Waals surface area contributed by atoms with Crippen LogP contribution in [0.3, 0.4) is 0 Å². The summed E-state index contributed by atoms with van der Waals surface area (Å²) in [5, 5.41) is 0. The lowest BCUT2D eigenvalue weighted by molar-refractivity contribution is 0.0982. The minimum Gasteiger partial charge on any atom is -0.294 e. The Hall–Kier alpha value is -1.89. The smallest absolute Gasteiger partial charge is 0.163 e. The topological polar surface area (TPSA) is 17.1 Å². The third-order valence-electron chi connectivity index (χ3n) is 4.03. The summed E-state index contributed by atoms with van der Waals surface area (Å²) >= 11 is 0. The lowest BCUT2D eigenvalue weighted by atomic mass is 9.95. The molecule has 104 valence electrons. The highest BCUT2D eigenvalue weighted by Crippen LogP contribution is 2.18. The van der Waals surface area contributed by atoms with Crippen molar-refractivity contribution in [2.75, 3.05) is 0 Å². The molecule has 0 saturated heterocycles. The van der Waals surface area contributed by atoms with Gasteiger partial charge in [0.05, 0.1) is 0 Å². The highest BCUT2D eigenvalue weighted by Gasteiger charge is 2.10. The molecular formula is C19H22O. The minimum atomic E-state index is 0.243. The second kappa shape index (κ2) is 6.04. The van der Waals surface area contributed by atoms with E-state index in [9.17, 15) is 4.79 Å². The molecule has 1 heteroatoms. The Labute approximate surface area is 121 Å². The zero-order valence-corrected chi connectivity index (χ0v) is 12.8. The van der Waals surface area contributed by atoms with Crippen molar-refractivity contribution in [1.82, 2.24) is 0 Å². The lowest BCUT2D eigenvalue weighted by Crippen LogP contribution is -2.05. The van der Waals surface area contributed by atoms with Crippen molar-refractivity contribution in [2.45, 2.75) is 40.5 Å². The van der Waals surface area contributed by atoms with Crippen LogP contribution in [-0.2, 0) is 6.42 Å². The first kappa shape index (κ1) is 14.5. The van der Waals surface area contributed by atoms with Crippen LogP contribution in [0.15, 0.2) is 36.4 Å². The Morgan fingerprint density at radius 2 is 1.70 bits per heavy atom. The SMILES string of the molecule is Cc1ccc(C)c(C(=O)CCc2cccc(C)c2C)c1. The summed E-state index contributed by atoms with van der Waals surface area (Å²) in [5.74, 6) is 0.243. The van der Waals surface area contributed by atoms with E-state index in [1.165, 1.54) is 16.7 Å². The molecule has 0 aliphatic heterocycles. The van der Waals surface area contributed by atoms with E-state index >= 15 is 0 Å². The molecule has 20 heavy (non-hydrogen) atoms. The van der Waals surface area contributed by atoms with Crippen LogP contribution in [0.4, 0.5) is 0 Å². The van der Waals surface area contributed by atoms with E-state index in [1.54, 1.807) is 0 Å². The summed E-state index contributed by atoms with van der Waals surface area (Å²) in [5.41, 5.74) is 6.97. The van der Waals surface area contributed by atoms with Gasteiger partial charge in [-0.2, -0.15) is 0 Å². The number of Topliss-reactive ketones (excluding diaryl/α,β-unsaturated/α-hetero) is 1. The maximum atomic E-state index is 12.4. The van der Waals surface area contributed by atoms with Gasteiger partial charge in [0.2, 0.25) is 0 Å². The Morgan fingerprint density at radius 1 is 0.950 bits per heavy atom. The number of ketones is 1. The van der Waals surface area contributed by atoms with Gasteiger partial charge >= 0.3 is 0 Å². The molecule has 0 aliphatic rings. The highest BCUT2D eigenvalue weighted by molar-refractivity contribution is 5.97. The number of hydrogen-bond acceptors (Lipinski definition) is 1. The van der Waals surface area contributed by atoms with E-state index < -0.39 is 0 Å². The predicted molar refractivity (Wildman–Crippen MR) is 84.5 cm³/mol. The zero-order chi connectivity index (χ0) is 14.7. The minimum absolute atomic E-state index is 0.243. The van der Waals surface area contributed by atoms with Gasteiger partial charge in [-0.1, -0.05) is 35.9 Å². The van der Waals surface area contributed by atoms with Crippen LogP contribution >= 0.6 is 0 Å². The van der Waals surface area contributed by atoms with Gasteiger partial charge in [0.25, 0.3) is 0 Å². The number of carbonyl (C=O) groups is 1. The molecule has 2 aromatic rings. The van der Waals surface area contributed by atoms with Crippen molar-refractivity contribution >= 4 is 5.78 Å². The summed E-state index contributed by atoms with van der Waals surface area (Å²) in [7, 11) is 0. The van der Waals surface area contributed by atoms with Crippen LogP contribution in [0.5, 0.6) is 0 Å². The molecule has 0 unspecified atom stereocenters. The molecule has 2 aromatic carbocycles. The second-order valence-electron chi connectivity index (χ2n) is 5.60. The van der Waals surface area contributed by atoms with Crippen LogP contribution in [-0.4, -0.2) is 5.78 Å². The Bertz CT molecular complexity index is 638. The summed E-state index contributed by atoms with van der Waals surface area (Å²) in [6.07, 6.45) is 1.40. The van der Waals surface area contributed by atoms with Crippen molar-refractivity contribution in [1.29, 1.82) is 0 Å². The summed E-state index contributed by atoms with van der Waals surface area (Å²) in [6, 6.07) is 12.4. The highest BCUT2D eigenvalue weighted by atomic mass is 16.1. The molecule has 0 fully saturated rings. The Kier molecular flexibility index (Phi) is 4.39. The first-order chi connectivity index (χ1) is 9.49. The predicted octanol–water partition coefficient (Wildman–Crippen LogP) is 4.74. The molecule has 0 aromatic heterocycles. The summed E-state index contributed by atoms with van der Waals surface area (Å²) < 4.78 is 0. The van der Waals surface area contributed by atoms with E-state index in [1.807, 2.05) is 26.0 Å².